The molecule has 0 spiro atoms. The summed E-state index contributed by atoms with van der Waals surface area (Å²) in [5, 5.41) is 28.4. The van der Waals surface area contributed by atoms with E-state index in [4.69, 9.17) is 5.11 Å². The molecule has 0 amide bonds. The minimum absolute atomic E-state index is 0.0659. The van der Waals surface area contributed by atoms with E-state index in [1.165, 1.54) is 29.5 Å². The van der Waals surface area contributed by atoms with Gasteiger partial charge < -0.3 is 5.11 Å². The number of carboxylic acid groups (broad SMARTS) is 1. The maximum Gasteiger partial charge on any atom is 0.337 e. The average molecular weight is 297 g/mol. The average Bonchev–Trinajstić information content (AvgIpc) is 2.74. The lowest BCUT2D eigenvalue weighted by Gasteiger charge is -2.03. The van der Waals surface area contributed by atoms with Crippen LogP contribution in [0.15, 0.2) is 27.4 Å². The fourth-order valence-electron chi connectivity index (χ4n) is 1.35. The van der Waals surface area contributed by atoms with Gasteiger partial charge in [0.25, 0.3) is 5.69 Å². The van der Waals surface area contributed by atoms with E-state index in [1.807, 2.05) is 0 Å². The maximum absolute atomic E-state index is 11.1. The van der Waals surface area contributed by atoms with E-state index >= 15 is 0 Å². The van der Waals surface area contributed by atoms with E-state index < -0.39 is 10.9 Å². The first-order valence-electron chi connectivity index (χ1n) is 4.97. The largest absolute Gasteiger partial charge is 0.478 e. The summed E-state index contributed by atoms with van der Waals surface area (Å²) < 4.78 is 0.467. The Balaban J connectivity index is 2.52. The SMILES string of the molecule is Cc1nnc(Sc2c(C(=O)O)cccc2[N+](=O)[O-])s1. The summed E-state index contributed by atoms with van der Waals surface area (Å²) in [7, 11) is 0. The molecule has 0 aliphatic carbocycles. The Hall–Kier alpha value is -2.00. The molecule has 7 nitrogen and oxygen atoms in total. The van der Waals surface area contributed by atoms with Crippen LogP contribution in [0.25, 0.3) is 0 Å². The van der Waals surface area contributed by atoms with Crippen molar-refractivity contribution in [2.45, 2.75) is 16.2 Å². The standard InChI is InChI=1S/C10H7N3O4S2/c1-5-11-12-10(18-5)19-8-6(9(14)15)3-2-4-7(8)13(16)17/h2-4H,1H3,(H,14,15). The van der Waals surface area contributed by atoms with Crippen LogP contribution in [-0.2, 0) is 0 Å². The highest BCUT2D eigenvalue weighted by Gasteiger charge is 2.23. The number of aromatic nitrogens is 2. The number of carboxylic acids is 1. The molecule has 1 aromatic heterocycles. The third-order valence-electron chi connectivity index (χ3n) is 2.12. The fraction of sp³-hybridized carbons (Fsp3) is 0.100. The number of nitrogens with zero attached hydrogens (tertiary/aromatic N) is 3. The van der Waals surface area contributed by atoms with Gasteiger partial charge in [0.2, 0.25) is 0 Å². The zero-order chi connectivity index (χ0) is 14.0. The molecule has 0 bridgehead atoms. The van der Waals surface area contributed by atoms with Crippen LogP contribution in [0.2, 0.25) is 0 Å². The van der Waals surface area contributed by atoms with Crippen LogP contribution in [-0.4, -0.2) is 26.2 Å². The summed E-state index contributed by atoms with van der Waals surface area (Å²) in [4.78, 5) is 21.5. The van der Waals surface area contributed by atoms with Gasteiger partial charge in [0, 0.05) is 6.07 Å². The van der Waals surface area contributed by atoms with Crippen molar-refractivity contribution in [1.82, 2.24) is 10.2 Å². The molecule has 0 fully saturated rings. The highest BCUT2D eigenvalue weighted by molar-refractivity contribution is 8.01. The number of aromatic carboxylic acids is 1. The molecule has 0 unspecified atom stereocenters. The molecule has 0 radical (unpaired) electrons. The first-order valence-corrected chi connectivity index (χ1v) is 6.61. The predicted molar refractivity (Wildman–Crippen MR) is 68.8 cm³/mol. The van der Waals surface area contributed by atoms with Crippen molar-refractivity contribution in [3.63, 3.8) is 0 Å². The molecule has 98 valence electrons. The van der Waals surface area contributed by atoms with Crippen LogP contribution in [0.5, 0.6) is 0 Å². The molecule has 1 heterocycles. The van der Waals surface area contributed by atoms with Crippen LogP contribution in [0.3, 0.4) is 0 Å². The van der Waals surface area contributed by atoms with E-state index in [0.717, 1.165) is 11.8 Å². The normalized spacial score (nSPS) is 10.4. The number of nitro groups is 1. The minimum Gasteiger partial charge on any atom is -0.478 e. The Morgan fingerprint density at radius 2 is 2.21 bits per heavy atom. The molecule has 2 rings (SSSR count). The van der Waals surface area contributed by atoms with E-state index in [0.29, 0.717) is 9.35 Å². The van der Waals surface area contributed by atoms with Crippen molar-refractivity contribution >= 4 is 34.8 Å². The van der Waals surface area contributed by atoms with Gasteiger partial charge in [-0.05, 0) is 24.8 Å². The van der Waals surface area contributed by atoms with Gasteiger partial charge >= 0.3 is 5.97 Å². The first-order chi connectivity index (χ1) is 8.99. The third kappa shape index (κ3) is 2.88. The second kappa shape index (κ2) is 5.33. The van der Waals surface area contributed by atoms with Crippen molar-refractivity contribution in [1.29, 1.82) is 0 Å². The molecule has 1 aromatic carbocycles. The molecule has 1 N–H and O–H groups in total. The van der Waals surface area contributed by atoms with E-state index in [9.17, 15) is 14.9 Å². The van der Waals surface area contributed by atoms with Crippen LogP contribution in [0.1, 0.15) is 15.4 Å². The molecule has 0 aliphatic rings. The van der Waals surface area contributed by atoms with Crippen molar-refractivity contribution in [3.8, 4) is 0 Å². The zero-order valence-electron chi connectivity index (χ0n) is 9.56. The van der Waals surface area contributed by atoms with Crippen LogP contribution in [0.4, 0.5) is 5.69 Å². The molecule has 0 aliphatic heterocycles. The number of carbonyl (C=O) groups is 1. The molecule has 9 heteroatoms. The molecule has 2 aromatic rings. The van der Waals surface area contributed by atoms with Gasteiger partial charge in [0.1, 0.15) is 9.90 Å². The van der Waals surface area contributed by atoms with Crippen LogP contribution in [0, 0.1) is 17.0 Å². The van der Waals surface area contributed by atoms with Crippen LogP contribution >= 0.6 is 23.1 Å². The van der Waals surface area contributed by atoms with Gasteiger partial charge in [-0.15, -0.1) is 10.2 Å². The van der Waals surface area contributed by atoms with Crippen molar-refractivity contribution < 1.29 is 14.8 Å². The van der Waals surface area contributed by atoms with Crippen molar-refractivity contribution in [2.24, 2.45) is 0 Å². The Morgan fingerprint density at radius 1 is 1.47 bits per heavy atom. The zero-order valence-corrected chi connectivity index (χ0v) is 11.2. The Bertz CT molecular complexity index is 624. The summed E-state index contributed by atoms with van der Waals surface area (Å²) >= 11 is 2.19. The fourth-order valence-corrected chi connectivity index (χ4v) is 3.31. The second-order valence-electron chi connectivity index (χ2n) is 3.41. The summed E-state index contributed by atoms with van der Waals surface area (Å²) in [6, 6.07) is 3.94. The maximum atomic E-state index is 11.1. The predicted octanol–water partition coefficient (Wildman–Crippen LogP) is 2.60. The number of hydrogen-bond acceptors (Lipinski definition) is 7. The molecule has 0 atom stereocenters. The lowest BCUT2D eigenvalue weighted by Crippen LogP contribution is -2.01. The van der Waals surface area contributed by atoms with Gasteiger partial charge in [0.15, 0.2) is 4.34 Å². The Morgan fingerprint density at radius 3 is 2.74 bits per heavy atom. The lowest BCUT2D eigenvalue weighted by molar-refractivity contribution is -0.387. The van der Waals surface area contributed by atoms with E-state index in [-0.39, 0.29) is 16.1 Å². The van der Waals surface area contributed by atoms with Gasteiger partial charge in [-0.25, -0.2) is 4.79 Å². The van der Waals surface area contributed by atoms with Gasteiger partial charge in [-0.3, -0.25) is 10.1 Å². The van der Waals surface area contributed by atoms with Crippen molar-refractivity contribution in [3.05, 3.63) is 38.9 Å². The Kier molecular flexibility index (Phi) is 3.76. The van der Waals surface area contributed by atoms with Gasteiger partial charge in [0.05, 0.1) is 10.5 Å². The van der Waals surface area contributed by atoms with E-state index in [1.54, 1.807) is 6.92 Å². The quantitative estimate of drug-likeness (QED) is 0.682. The number of aryl methyl sites for hydroxylation is 1. The van der Waals surface area contributed by atoms with Gasteiger partial charge in [-0.1, -0.05) is 17.4 Å². The molecular weight excluding hydrogens is 290 g/mol. The summed E-state index contributed by atoms with van der Waals surface area (Å²) in [5.41, 5.74) is -0.371. The Labute approximate surface area is 115 Å². The number of hydrogen-bond donors (Lipinski definition) is 1. The smallest absolute Gasteiger partial charge is 0.337 e. The summed E-state index contributed by atoms with van der Waals surface area (Å²) in [5.74, 6) is -1.22. The second-order valence-corrected chi connectivity index (χ2v) is 5.84. The lowest BCUT2D eigenvalue weighted by atomic mass is 10.2. The van der Waals surface area contributed by atoms with Gasteiger partial charge in [-0.2, -0.15) is 0 Å². The number of nitro benzene ring substituents is 1. The highest BCUT2D eigenvalue weighted by Crippen LogP contribution is 2.38. The molecule has 0 saturated carbocycles. The summed E-state index contributed by atoms with van der Waals surface area (Å²) in [6.45, 7) is 1.75. The molecule has 19 heavy (non-hydrogen) atoms. The topological polar surface area (TPSA) is 106 Å². The monoisotopic (exact) mass is 297 g/mol. The minimum atomic E-state index is -1.22. The number of benzene rings is 1. The third-order valence-corrected chi connectivity index (χ3v) is 4.14. The summed E-state index contributed by atoms with van der Waals surface area (Å²) in [6.07, 6.45) is 0. The van der Waals surface area contributed by atoms with Crippen molar-refractivity contribution in [2.75, 3.05) is 0 Å². The van der Waals surface area contributed by atoms with E-state index in [2.05, 4.69) is 10.2 Å². The molecular formula is C10H7N3O4S2. The first kappa shape index (κ1) is 13.4. The highest BCUT2D eigenvalue weighted by atomic mass is 32.2. The molecule has 0 saturated heterocycles. The number of rotatable bonds is 4. The van der Waals surface area contributed by atoms with Crippen LogP contribution < -0.4 is 0 Å².